The molecule has 0 rings (SSSR count). The number of hydrogen-bond donors (Lipinski definition) is 0. The van der Waals surface area contributed by atoms with Gasteiger partial charge in [0.15, 0.2) is 5.78 Å². The van der Waals surface area contributed by atoms with E-state index in [0.717, 1.165) is 0 Å². The summed E-state index contributed by atoms with van der Waals surface area (Å²) in [6.07, 6.45) is 0.224. The number of allylic oxidation sites excluding steroid dienone is 1. The maximum Gasteiger partial charge on any atom is 0.216 e. The summed E-state index contributed by atoms with van der Waals surface area (Å²) in [6.45, 7) is 11.3. The third-order valence-electron chi connectivity index (χ3n) is 1.32. The van der Waals surface area contributed by atoms with Crippen LogP contribution in [0.5, 0.6) is 0 Å². The molecule has 0 aromatic rings. The summed E-state index contributed by atoms with van der Waals surface area (Å²) in [6, 6.07) is 0.540. The predicted molar refractivity (Wildman–Crippen MR) is 52.5 cm³/mol. The summed E-state index contributed by atoms with van der Waals surface area (Å²) in [7, 11) is -0.943. The Labute approximate surface area is 76.3 Å². The fourth-order valence-electron chi connectivity index (χ4n) is 0.821. The Balaban J connectivity index is 3.76. The summed E-state index contributed by atoms with van der Waals surface area (Å²) in [5.41, 5.74) is 0.631. The van der Waals surface area contributed by atoms with Crippen molar-refractivity contribution in [1.82, 2.24) is 0 Å². The Morgan fingerprint density at radius 2 is 2.08 bits per heavy atom. The Morgan fingerprint density at radius 1 is 1.58 bits per heavy atom. The lowest BCUT2D eigenvalue weighted by atomic mass is 10.2. The lowest BCUT2D eigenvalue weighted by Gasteiger charge is -2.12. The first-order valence-corrected chi connectivity index (χ1v) is 6.22. The van der Waals surface area contributed by atoms with E-state index in [4.69, 9.17) is 4.43 Å². The van der Waals surface area contributed by atoms with Gasteiger partial charge in [-0.3, -0.25) is 4.79 Å². The van der Waals surface area contributed by atoms with Crippen molar-refractivity contribution in [3.63, 3.8) is 0 Å². The van der Waals surface area contributed by atoms with Crippen molar-refractivity contribution in [2.75, 3.05) is 0 Å². The van der Waals surface area contributed by atoms with Gasteiger partial charge in [0, 0.05) is 12.1 Å². The quantitative estimate of drug-likeness (QED) is 0.485. The van der Waals surface area contributed by atoms with Gasteiger partial charge in [-0.2, -0.15) is 0 Å². The molecule has 0 unspecified atom stereocenters. The molecule has 0 aromatic carbocycles. The second kappa shape index (κ2) is 5.27. The maximum atomic E-state index is 11.2. The minimum atomic E-state index is -0.943. The molecule has 0 amide bonds. The van der Waals surface area contributed by atoms with Crippen molar-refractivity contribution in [1.29, 1.82) is 0 Å². The van der Waals surface area contributed by atoms with E-state index in [1.807, 2.05) is 20.4 Å². The van der Waals surface area contributed by atoms with E-state index in [-0.39, 0.29) is 11.9 Å². The Morgan fingerprint density at radius 3 is 2.42 bits per heavy atom. The van der Waals surface area contributed by atoms with Crippen LogP contribution in [-0.2, 0) is 9.22 Å². The Kier molecular flexibility index (Phi) is 5.09. The van der Waals surface area contributed by atoms with Crippen molar-refractivity contribution >= 4 is 14.8 Å². The van der Waals surface area contributed by atoms with E-state index in [2.05, 4.69) is 6.58 Å². The minimum Gasteiger partial charge on any atom is -0.414 e. The normalized spacial score (nSPS) is 10.8. The van der Waals surface area contributed by atoms with E-state index in [0.29, 0.717) is 11.6 Å². The van der Waals surface area contributed by atoms with Crippen LogP contribution in [0.25, 0.3) is 0 Å². The van der Waals surface area contributed by atoms with Gasteiger partial charge < -0.3 is 4.43 Å². The van der Waals surface area contributed by atoms with Crippen LogP contribution in [0.2, 0.25) is 12.6 Å². The van der Waals surface area contributed by atoms with Crippen LogP contribution in [0.15, 0.2) is 12.2 Å². The van der Waals surface area contributed by atoms with Crippen LogP contribution in [0.4, 0.5) is 0 Å². The fraction of sp³-hybridized carbons (Fsp3) is 0.667. The molecule has 0 bridgehead atoms. The maximum absolute atomic E-state index is 11.2. The molecule has 0 saturated carbocycles. The molecule has 69 valence electrons. The second-order valence-electron chi connectivity index (χ2n) is 3.25. The molecule has 0 heterocycles. The molecule has 3 heteroatoms. The molecule has 0 N–H and O–H groups in total. The van der Waals surface area contributed by atoms with Crippen LogP contribution in [0.1, 0.15) is 20.8 Å². The van der Waals surface area contributed by atoms with E-state index >= 15 is 0 Å². The highest BCUT2D eigenvalue weighted by Gasteiger charge is 2.13. The van der Waals surface area contributed by atoms with E-state index < -0.39 is 9.04 Å². The van der Waals surface area contributed by atoms with Gasteiger partial charge in [-0.05, 0) is 32.9 Å². The van der Waals surface area contributed by atoms with Gasteiger partial charge >= 0.3 is 0 Å². The standard InChI is InChI=1S/C9H17O2Si/c1-7(2)9(10)6-12(5)11-8(3)4/h8H,1,6H2,2-5H3. The van der Waals surface area contributed by atoms with Crippen LogP contribution < -0.4 is 0 Å². The number of hydrogen-bond acceptors (Lipinski definition) is 2. The third-order valence-corrected chi connectivity index (χ3v) is 3.02. The summed E-state index contributed by atoms with van der Waals surface area (Å²) >= 11 is 0. The molecule has 0 aliphatic rings. The van der Waals surface area contributed by atoms with Crippen molar-refractivity contribution in [3.05, 3.63) is 12.2 Å². The van der Waals surface area contributed by atoms with Gasteiger partial charge in [0.2, 0.25) is 9.04 Å². The number of Topliss-reactive ketones (excluding diaryl/α,β-unsaturated/α-hetero) is 1. The lowest BCUT2D eigenvalue weighted by Crippen LogP contribution is -2.22. The first kappa shape index (κ1) is 11.6. The highest BCUT2D eigenvalue weighted by molar-refractivity contribution is 6.55. The molecule has 0 aliphatic heterocycles. The van der Waals surface area contributed by atoms with Crippen molar-refractivity contribution < 1.29 is 9.22 Å². The van der Waals surface area contributed by atoms with Crippen LogP contribution in [0, 0.1) is 0 Å². The van der Waals surface area contributed by atoms with Crippen LogP contribution in [-0.4, -0.2) is 20.9 Å². The minimum absolute atomic E-state index is 0.132. The Bertz CT molecular complexity index is 175. The van der Waals surface area contributed by atoms with Gasteiger partial charge in [-0.1, -0.05) is 6.58 Å². The first-order chi connectivity index (χ1) is 5.43. The summed E-state index contributed by atoms with van der Waals surface area (Å²) < 4.78 is 5.51. The number of carbonyl (C=O) groups is 1. The highest BCUT2D eigenvalue weighted by Crippen LogP contribution is 2.04. The molecule has 0 atom stereocenters. The van der Waals surface area contributed by atoms with Crippen LogP contribution >= 0.6 is 0 Å². The molecular weight excluding hydrogens is 168 g/mol. The zero-order chi connectivity index (χ0) is 9.72. The first-order valence-electron chi connectivity index (χ1n) is 4.11. The van der Waals surface area contributed by atoms with Gasteiger partial charge in [0.05, 0.1) is 0 Å². The molecule has 1 radical (unpaired) electrons. The topological polar surface area (TPSA) is 26.3 Å². The molecule has 2 nitrogen and oxygen atoms in total. The smallest absolute Gasteiger partial charge is 0.216 e. The van der Waals surface area contributed by atoms with Gasteiger partial charge in [-0.15, -0.1) is 0 Å². The molecule has 0 aromatic heterocycles. The molecular formula is C9H17O2Si. The second-order valence-corrected chi connectivity index (χ2v) is 5.24. The fourth-order valence-corrected chi connectivity index (χ4v) is 2.46. The lowest BCUT2D eigenvalue weighted by molar-refractivity contribution is -0.113. The summed E-state index contributed by atoms with van der Waals surface area (Å²) in [5.74, 6) is 0.132. The third kappa shape index (κ3) is 5.27. The van der Waals surface area contributed by atoms with E-state index in [1.165, 1.54) is 0 Å². The molecule has 0 aliphatic carbocycles. The largest absolute Gasteiger partial charge is 0.414 e. The van der Waals surface area contributed by atoms with Crippen molar-refractivity contribution in [3.8, 4) is 0 Å². The average molecular weight is 185 g/mol. The van der Waals surface area contributed by atoms with Gasteiger partial charge in [0.1, 0.15) is 0 Å². The molecule has 0 fully saturated rings. The number of carbonyl (C=O) groups excluding carboxylic acids is 1. The van der Waals surface area contributed by atoms with E-state index in [9.17, 15) is 4.79 Å². The van der Waals surface area contributed by atoms with Crippen molar-refractivity contribution in [2.24, 2.45) is 0 Å². The highest BCUT2D eigenvalue weighted by atomic mass is 28.3. The predicted octanol–water partition coefficient (Wildman–Crippen LogP) is 2.18. The monoisotopic (exact) mass is 185 g/mol. The van der Waals surface area contributed by atoms with Gasteiger partial charge in [0.25, 0.3) is 0 Å². The zero-order valence-corrected chi connectivity index (χ0v) is 9.31. The molecule has 12 heavy (non-hydrogen) atoms. The summed E-state index contributed by atoms with van der Waals surface area (Å²) in [5, 5.41) is 0. The van der Waals surface area contributed by atoms with Crippen molar-refractivity contribution in [2.45, 2.75) is 39.5 Å². The summed E-state index contributed by atoms with van der Waals surface area (Å²) in [4.78, 5) is 11.2. The number of rotatable bonds is 5. The average Bonchev–Trinajstić information content (AvgIpc) is 1.84. The zero-order valence-electron chi connectivity index (χ0n) is 8.31. The van der Waals surface area contributed by atoms with Crippen LogP contribution in [0.3, 0.4) is 0 Å². The molecule has 0 spiro atoms. The SMILES string of the molecule is C=C(C)C(=O)C[Si](C)OC(C)C. The molecule has 0 saturated heterocycles. The Hall–Kier alpha value is -0.413. The van der Waals surface area contributed by atoms with Gasteiger partial charge in [-0.25, -0.2) is 0 Å². The van der Waals surface area contributed by atoms with E-state index in [1.54, 1.807) is 6.92 Å². The number of ketones is 1.